The number of hydrogen-bond donors (Lipinski definition) is 1. The van der Waals surface area contributed by atoms with Crippen molar-refractivity contribution >= 4 is 62.6 Å². The zero-order valence-electron chi connectivity index (χ0n) is 15.7. The van der Waals surface area contributed by atoms with Crippen molar-refractivity contribution in [1.82, 2.24) is 23.9 Å². The molecule has 4 rings (SSSR count). The van der Waals surface area contributed by atoms with Crippen LogP contribution in [-0.2, 0) is 7.05 Å². The molecular weight excluding hydrogens is 548 g/mol. The molecule has 12 heteroatoms. The fraction of sp³-hybridized carbons (Fsp3) is 0.167. The highest BCUT2D eigenvalue weighted by Gasteiger charge is 2.22. The number of aromatic nitrogens is 5. The quantitative estimate of drug-likeness (QED) is 0.178. The summed E-state index contributed by atoms with van der Waals surface area (Å²) in [6.45, 7) is 0. The summed E-state index contributed by atoms with van der Waals surface area (Å²) in [7, 11) is 3.46. The molecule has 0 bridgehead atoms. The van der Waals surface area contributed by atoms with Gasteiger partial charge in [-0.05, 0) is 34.2 Å². The van der Waals surface area contributed by atoms with E-state index in [2.05, 4.69) is 20.3 Å². The minimum Gasteiger partial charge on any atom is -0.495 e. The van der Waals surface area contributed by atoms with Gasteiger partial charge in [-0.25, -0.2) is 23.7 Å². The molecule has 4 aromatic rings. The SMILES string of the molecule is COc1cc(-c2cncn2C)ccc1Nc1cc(Cl)nc2c1nc(C(F)F)n2PI. The average Bonchev–Trinajstić information content (AvgIpc) is 3.31. The van der Waals surface area contributed by atoms with Crippen LogP contribution in [0.5, 0.6) is 5.75 Å². The lowest BCUT2D eigenvalue weighted by Gasteiger charge is -2.14. The summed E-state index contributed by atoms with van der Waals surface area (Å²) in [6.07, 6.45) is 0.761. The van der Waals surface area contributed by atoms with Gasteiger partial charge in [-0.1, -0.05) is 17.7 Å². The number of nitrogens with zero attached hydrogens (tertiary/aromatic N) is 5. The Bertz CT molecular complexity index is 1230. The van der Waals surface area contributed by atoms with Gasteiger partial charge in [-0.3, -0.25) is 4.34 Å². The first-order valence-corrected chi connectivity index (χ1v) is 13.0. The summed E-state index contributed by atoms with van der Waals surface area (Å²) in [5, 5.41) is 3.38. The van der Waals surface area contributed by atoms with E-state index in [4.69, 9.17) is 16.3 Å². The minimum atomic E-state index is -2.72. The summed E-state index contributed by atoms with van der Waals surface area (Å²) in [5.74, 6) is 0.230. The van der Waals surface area contributed by atoms with Crippen molar-refractivity contribution in [3.05, 3.63) is 47.8 Å². The lowest BCUT2D eigenvalue weighted by molar-refractivity contribution is 0.140. The number of fused-ring (bicyclic) bond motifs is 1. The van der Waals surface area contributed by atoms with Crippen molar-refractivity contribution in [3.63, 3.8) is 0 Å². The summed E-state index contributed by atoms with van der Waals surface area (Å²) >= 11 is 8.19. The van der Waals surface area contributed by atoms with E-state index in [1.54, 1.807) is 25.7 Å². The maximum atomic E-state index is 13.5. The number of pyridine rings is 1. The Morgan fingerprint density at radius 3 is 2.67 bits per heavy atom. The number of methoxy groups -OCH3 is 1. The second kappa shape index (κ2) is 8.60. The number of rotatable bonds is 6. The van der Waals surface area contributed by atoms with Crippen molar-refractivity contribution in [1.29, 1.82) is 0 Å². The summed E-state index contributed by atoms with van der Waals surface area (Å²) in [6, 6.07) is 7.18. The van der Waals surface area contributed by atoms with Gasteiger partial charge < -0.3 is 14.6 Å². The van der Waals surface area contributed by atoms with Crippen molar-refractivity contribution in [2.75, 3.05) is 12.4 Å². The molecule has 7 nitrogen and oxygen atoms in total. The topological polar surface area (TPSA) is 69.8 Å². The van der Waals surface area contributed by atoms with Gasteiger partial charge in [0.05, 0.1) is 43.1 Å². The lowest BCUT2D eigenvalue weighted by atomic mass is 10.1. The van der Waals surface area contributed by atoms with E-state index in [1.165, 1.54) is 4.34 Å². The molecule has 0 saturated carbocycles. The first kappa shape index (κ1) is 21.2. The van der Waals surface area contributed by atoms with Gasteiger partial charge in [0, 0.05) is 18.7 Å². The van der Waals surface area contributed by atoms with Crippen LogP contribution in [0.2, 0.25) is 5.15 Å². The Balaban J connectivity index is 1.80. The molecule has 3 aromatic heterocycles. The zero-order chi connectivity index (χ0) is 21.4. The molecule has 1 unspecified atom stereocenters. The minimum absolute atomic E-state index is 0.00461. The molecule has 0 spiro atoms. The van der Waals surface area contributed by atoms with Crippen LogP contribution in [0.4, 0.5) is 20.2 Å². The number of imidazole rings is 2. The third-order valence-electron chi connectivity index (χ3n) is 4.47. The predicted octanol–water partition coefficient (Wildman–Crippen LogP) is 5.97. The standard InChI is InChI=1S/C18H15ClF2IN6OP/c1-27-8-23-7-12(27)9-3-4-10(13(5-9)29-2)24-11-6-14(19)25-17-15(11)26-18(16(20)21)28(17)30-22/h3-8,16,30H,1-2H3,(H,24,25). The lowest BCUT2D eigenvalue weighted by Crippen LogP contribution is -1.98. The maximum absolute atomic E-state index is 13.5. The smallest absolute Gasteiger partial charge is 0.295 e. The molecular formula is C18H15ClF2IN6OP. The van der Waals surface area contributed by atoms with Gasteiger partial charge in [0.15, 0.2) is 11.5 Å². The molecule has 0 radical (unpaired) electrons. The first-order valence-electron chi connectivity index (χ1n) is 8.58. The van der Waals surface area contributed by atoms with Crippen molar-refractivity contribution in [2.45, 2.75) is 6.43 Å². The Labute approximate surface area is 190 Å². The van der Waals surface area contributed by atoms with E-state index in [-0.39, 0.29) is 17.4 Å². The van der Waals surface area contributed by atoms with Gasteiger partial charge >= 0.3 is 0 Å². The third kappa shape index (κ3) is 3.83. The van der Waals surface area contributed by atoms with Crippen LogP contribution >= 0.6 is 40.0 Å². The second-order valence-electron chi connectivity index (χ2n) is 6.29. The monoisotopic (exact) mass is 562 g/mol. The Morgan fingerprint density at radius 2 is 2.03 bits per heavy atom. The number of alkyl halides is 2. The molecule has 1 atom stereocenters. The number of anilines is 2. The molecule has 0 saturated heterocycles. The number of nitrogens with one attached hydrogen (secondary N) is 1. The molecule has 0 aliphatic carbocycles. The average molecular weight is 563 g/mol. The van der Waals surface area contributed by atoms with E-state index in [1.807, 2.05) is 51.9 Å². The number of benzene rings is 1. The fourth-order valence-corrected chi connectivity index (χ4v) is 5.18. The van der Waals surface area contributed by atoms with Gasteiger partial charge in [0.1, 0.15) is 16.4 Å². The van der Waals surface area contributed by atoms with Crippen LogP contribution in [0.1, 0.15) is 12.2 Å². The van der Waals surface area contributed by atoms with Gasteiger partial charge in [0.2, 0.25) is 0 Å². The van der Waals surface area contributed by atoms with Crippen LogP contribution in [0, 0.1) is 0 Å². The molecule has 0 amide bonds. The summed E-state index contributed by atoms with van der Waals surface area (Å²) < 4.78 is 35.7. The molecule has 0 aliphatic heterocycles. The van der Waals surface area contributed by atoms with E-state index < -0.39 is 6.43 Å². The second-order valence-corrected chi connectivity index (χ2v) is 8.74. The van der Waals surface area contributed by atoms with Crippen molar-refractivity contribution in [2.24, 2.45) is 7.05 Å². The van der Waals surface area contributed by atoms with Gasteiger partial charge in [-0.15, -0.1) is 0 Å². The summed E-state index contributed by atoms with van der Waals surface area (Å²) in [5.41, 5.74) is 3.57. The molecule has 0 aliphatic rings. The first-order chi connectivity index (χ1) is 14.4. The number of aryl methyl sites for hydroxylation is 1. The van der Waals surface area contributed by atoms with Crippen LogP contribution in [0.3, 0.4) is 0 Å². The highest BCUT2D eigenvalue weighted by molar-refractivity contribution is 14.2. The third-order valence-corrected chi connectivity index (χ3v) is 6.72. The van der Waals surface area contributed by atoms with Crippen LogP contribution in [0.15, 0.2) is 36.8 Å². The van der Waals surface area contributed by atoms with Gasteiger partial charge in [0.25, 0.3) is 6.43 Å². The summed E-state index contributed by atoms with van der Waals surface area (Å²) in [4.78, 5) is 12.5. The Kier molecular flexibility index (Phi) is 6.08. The maximum Gasteiger partial charge on any atom is 0.295 e. The van der Waals surface area contributed by atoms with Crippen molar-refractivity contribution in [3.8, 4) is 17.0 Å². The fourth-order valence-electron chi connectivity index (χ4n) is 3.09. The largest absolute Gasteiger partial charge is 0.495 e. The number of hydrogen-bond acceptors (Lipinski definition) is 5. The highest BCUT2D eigenvalue weighted by Crippen LogP contribution is 2.39. The Hall–Kier alpha value is -2.04. The van der Waals surface area contributed by atoms with Gasteiger partial charge in [-0.2, -0.15) is 0 Å². The molecule has 1 N–H and O–H groups in total. The molecule has 0 fully saturated rings. The zero-order valence-corrected chi connectivity index (χ0v) is 19.6. The van der Waals surface area contributed by atoms with E-state index in [9.17, 15) is 8.78 Å². The van der Waals surface area contributed by atoms with E-state index in [0.717, 1.165) is 11.3 Å². The van der Waals surface area contributed by atoms with E-state index >= 15 is 0 Å². The molecule has 1 aromatic carbocycles. The van der Waals surface area contributed by atoms with Crippen molar-refractivity contribution < 1.29 is 13.5 Å². The predicted molar refractivity (Wildman–Crippen MR) is 124 cm³/mol. The van der Waals surface area contributed by atoms with Crippen LogP contribution in [0.25, 0.3) is 22.4 Å². The Morgan fingerprint density at radius 1 is 1.23 bits per heavy atom. The van der Waals surface area contributed by atoms with Crippen LogP contribution in [-0.4, -0.2) is 31.0 Å². The normalized spacial score (nSPS) is 11.8. The van der Waals surface area contributed by atoms with Crippen LogP contribution < -0.4 is 10.1 Å². The number of ether oxygens (including phenoxy) is 1. The highest BCUT2D eigenvalue weighted by atomic mass is 127. The number of halogens is 4. The molecule has 30 heavy (non-hydrogen) atoms. The molecule has 3 heterocycles. The molecule has 156 valence electrons. The van der Waals surface area contributed by atoms with E-state index in [0.29, 0.717) is 28.3 Å².